The number of furan rings is 1. The van der Waals surface area contributed by atoms with Crippen molar-refractivity contribution in [2.45, 2.75) is 46.1 Å². The van der Waals surface area contributed by atoms with Gasteiger partial charge in [0.2, 0.25) is 5.78 Å². The molecular weight excluding hydrogens is 318 g/mol. The fourth-order valence-electron chi connectivity index (χ4n) is 3.60. The summed E-state index contributed by atoms with van der Waals surface area (Å²) in [5.41, 5.74) is 0.740. The summed E-state index contributed by atoms with van der Waals surface area (Å²) < 4.78 is 5.26. The van der Waals surface area contributed by atoms with Gasteiger partial charge in [0.05, 0.1) is 11.1 Å². The number of hydrogen-bond acceptors (Lipinski definition) is 6. The number of rotatable bonds is 6. The Morgan fingerprint density at radius 1 is 1.36 bits per heavy atom. The lowest BCUT2D eigenvalue weighted by Crippen LogP contribution is -2.19. The second-order valence-electron chi connectivity index (χ2n) is 6.83. The molecule has 0 saturated heterocycles. The van der Waals surface area contributed by atoms with Gasteiger partial charge in [-0.1, -0.05) is 20.3 Å². The smallest absolute Gasteiger partial charge is 0.233 e. The Kier molecular flexibility index (Phi) is 4.97. The molecule has 2 aromatic rings. The maximum Gasteiger partial charge on any atom is 0.233 e. The van der Waals surface area contributed by atoms with Gasteiger partial charge in [-0.15, -0.1) is 0 Å². The van der Waals surface area contributed by atoms with Crippen LogP contribution < -0.4 is 5.32 Å². The van der Waals surface area contributed by atoms with Crippen LogP contribution in [0.25, 0.3) is 0 Å². The average molecular weight is 341 g/mol. The number of aromatic nitrogens is 2. The van der Waals surface area contributed by atoms with E-state index < -0.39 is 0 Å². The molecule has 1 N–H and O–H groups in total. The first-order valence-electron chi connectivity index (χ1n) is 8.70. The molecule has 1 aliphatic rings. The Morgan fingerprint density at radius 3 is 2.80 bits per heavy atom. The van der Waals surface area contributed by atoms with Crippen molar-refractivity contribution < 1.29 is 14.0 Å². The number of carbonyl (C=O) groups excluding carboxylic acids is 2. The third-order valence-corrected chi connectivity index (χ3v) is 5.10. The maximum absolute atomic E-state index is 12.7. The van der Waals surface area contributed by atoms with E-state index in [1.165, 1.54) is 31.8 Å². The van der Waals surface area contributed by atoms with Gasteiger partial charge in [-0.3, -0.25) is 9.59 Å². The zero-order valence-corrected chi connectivity index (χ0v) is 14.8. The molecule has 0 unspecified atom stereocenters. The van der Waals surface area contributed by atoms with Gasteiger partial charge in [0.25, 0.3) is 0 Å². The molecule has 3 atom stereocenters. The van der Waals surface area contributed by atoms with E-state index in [1.807, 2.05) is 0 Å². The monoisotopic (exact) mass is 341 g/mol. The Balaban J connectivity index is 1.81. The molecule has 132 valence electrons. The first-order chi connectivity index (χ1) is 12.0. The molecule has 0 aromatic carbocycles. The lowest BCUT2D eigenvalue weighted by molar-refractivity contribution is 0.100. The lowest BCUT2D eigenvalue weighted by Gasteiger charge is -2.15. The summed E-state index contributed by atoms with van der Waals surface area (Å²) in [6, 6.07) is 1.76. The summed E-state index contributed by atoms with van der Waals surface area (Å²) in [5, 5.41) is 3.40. The third-order valence-electron chi connectivity index (χ3n) is 5.10. The summed E-state index contributed by atoms with van der Waals surface area (Å²) in [6.45, 7) is 5.92. The fraction of sp³-hybridized carbons (Fsp3) is 0.474. The third kappa shape index (κ3) is 3.62. The van der Waals surface area contributed by atoms with Gasteiger partial charge in [0, 0.05) is 12.2 Å². The zero-order chi connectivity index (χ0) is 18.0. The van der Waals surface area contributed by atoms with E-state index in [-0.39, 0.29) is 17.3 Å². The lowest BCUT2D eigenvalue weighted by atomic mass is 9.96. The van der Waals surface area contributed by atoms with E-state index in [2.05, 4.69) is 29.1 Å². The number of anilines is 1. The number of ketones is 2. The Labute approximate surface area is 147 Å². The van der Waals surface area contributed by atoms with Crippen LogP contribution in [0.2, 0.25) is 0 Å². The van der Waals surface area contributed by atoms with Crippen LogP contribution in [0.4, 0.5) is 5.82 Å². The van der Waals surface area contributed by atoms with Gasteiger partial charge in [0.15, 0.2) is 11.5 Å². The van der Waals surface area contributed by atoms with Crippen LogP contribution in [0.15, 0.2) is 29.3 Å². The van der Waals surface area contributed by atoms with E-state index in [1.54, 1.807) is 0 Å². The molecule has 0 amide bonds. The van der Waals surface area contributed by atoms with Crippen molar-refractivity contribution in [3.8, 4) is 0 Å². The second kappa shape index (κ2) is 7.17. The second-order valence-corrected chi connectivity index (χ2v) is 6.83. The molecule has 6 nitrogen and oxygen atoms in total. The topological polar surface area (TPSA) is 85.1 Å². The molecule has 3 rings (SSSR count). The minimum absolute atomic E-state index is 0.120. The highest BCUT2D eigenvalue weighted by Crippen LogP contribution is 2.35. The van der Waals surface area contributed by atoms with Gasteiger partial charge in [-0.2, -0.15) is 0 Å². The van der Waals surface area contributed by atoms with Crippen molar-refractivity contribution in [3.63, 3.8) is 0 Å². The summed E-state index contributed by atoms with van der Waals surface area (Å²) >= 11 is 0. The van der Waals surface area contributed by atoms with Gasteiger partial charge in [0.1, 0.15) is 18.4 Å². The minimum Gasteiger partial charge on any atom is -0.460 e. The van der Waals surface area contributed by atoms with Crippen molar-refractivity contribution >= 4 is 17.4 Å². The van der Waals surface area contributed by atoms with Crippen molar-refractivity contribution in [1.82, 2.24) is 9.97 Å². The fourth-order valence-corrected chi connectivity index (χ4v) is 3.60. The number of hydrogen-bond donors (Lipinski definition) is 1. The van der Waals surface area contributed by atoms with Crippen molar-refractivity contribution in [1.29, 1.82) is 0 Å². The molecule has 0 aliphatic heterocycles. The maximum atomic E-state index is 12.7. The van der Waals surface area contributed by atoms with Gasteiger partial charge >= 0.3 is 0 Å². The molecule has 25 heavy (non-hydrogen) atoms. The van der Waals surface area contributed by atoms with Crippen LogP contribution in [0.1, 0.15) is 66.5 Å². The van der Waals surface area contributed by atoms with Crippen LogP contribution in [-0.2, 0) is 0 Å². The number of Topliss-reactive ketones (excluding diaryl/α,β-unsaturated/α-hetero) is 1. The van der Waals surface area contributed by atoms with Crippen LogP contribution in [0, 0.1) is 11.8 Å². The first kappa shape index (κ1) is 17.3. The van der Waals surface area contributed by atoms with E-state index in [9.17, 15) is 9.59 Å². The predicted molar refractivity (Wildman–Crippen MR) is 93.8 cm³/mol. The van der Waals surface area contributed by atoms with Crippen LogP contribution >= 0.6 is 0 Å². The van der Waals surface area contributed by atoms with E-state index in [0.717, 1.165) is 19.3 Å². The molecule has 6 heteroatoms. The van der Waals surface area contributed by atoms with Gasteiger partial charge in [-0.25, -0.2) is 9.97 Å². The quantitative estimate of drug-likeness (QED) is 0.806. The highest BCUT2D eigenvalue weighted by atomic mass is 16.3. The zero-order valence-electron chi connectivity index (χ0n) is 14.8. The molecule has 0 radical (unpaired) electrons. The number of nitrogens with one attached hydrogen (secondary N) is 1. The predicted octanol–water partition coefficient (Wildman–Crippen LogP) is 3.74. The SMILES string of the molecule is CC[C@H]1C[C@@H](Nc2ncncc2C(=O)c2cc(C(C)=O)co2)C[C@@H]1C. The largest absolute Gasteiger partial charge is 0.460 e. The number of nitrogens with zero attached hydrogens (tertiary/aromatic N) is 2. The Morgan fingerprint density at radius 2 is 2.16 bits per heavy atom. The summed E-state index contributed by atoms with van der Waals surface area (Å²) in [7, 11) is 0. The highest BCUT2D eigenvalue weighted by molar-refractivity contribution is 6.11. The molecule has 2 heterocycles. The van der Waals surface area contributed by atoms with Crippen LogP contribution in [0.5, 0.6) is 0 Å². The van der Waals surface area contributed by atoms with Crippen molar-refractivity contribution in [3.05, 3.63) is 41.7 Å². The van der Waals surface area contributed by atoms with E-state index in [4.69, 9.17) is 4.42 Å². The molecule has 0 spiro atoms. The average Bonchev–Trinajstić information content (AvgIpc) is 3.21. The summed E-state index contributed by atoms with van der Waals surface area (Å²) in [4.78, 5) is 32.4. The van der Waals surface area contributed by atoms with Crippen molar-refractivity contribution in [2.75, 3.05) is 5.32 Å². The molecule has 1 fully saturated rings. The van der Waals surface area contributed by atoms with E-state index >= 15 is 0 Å². The van der Waals surface area contributed by atoms with Gasteiger partial charge < -0.3 is 9.73 Å². The first-order valence-corrected chi connectivity index (χ1v) is 8.70. The standard InChI is InChI=1S/C19H23N3O3/c1-4-13-6-15(5-11(13)2)22-19-16(8-20-10-21-19)18(24)17-7-14(9-25-17)12(3)23/h7-11,13,15H,4-6H2,1-3H3,(H,20,21,22)/t11-,13-,15-/m0/s1. The van der Waals surface area contributed by atoms with Crippen LogP contribution in [0.3, 0.4) is 0 Å². The van der Waals surface area contributed by atoms with Crippen LogP contribution in [-0.4, -0.2) is 27.6 Å². The minimum atomic E-state index is -0.325. The molecule has 1 aliphatic carbocycles. The van der Waals surface area contributed by atoms with Gasteiger partial charge in [-0.05, 0) is 37.7 Å². The normalized spacial score (nSPS) is 22.8. The van der Waals surface area contributed by atoms with E-state index in [0.29, 0.717) is 34.8 Å². The molecule has 2 aromatic heterocycles. The number of carbonyl (C=O) groups is 2. The van der Waals surface area contributed by atoms with Crippen molar-refractivity contribution in [2.24, 2.45) is 11.8 Å². The molecular formula is C19H23N3O3. The summed E-state index contributed by atoms with van der Waals surface area (Å²) in [6.07, 6.45) is 7.52. The Bertz CT molecular complexity index is 784. The Hall–Kier alpha value is -2.50. The molecule has 0 bridgehead atoms. The molecule has 1 saturated carbocycles. The summed E-state index contributed by atoms with van der Waals surface area (Å²) in [5.74, 6) is 1.53. The highest BCUT2D eigenvalue weighted by Gasteiger charge is 2.31.